The van der Waals surface area contributed by atoms with E-state index in [0.29, 0.717) is 29.9 Å². The predicted molar refractivity (Wildman–Crippen MR) is 105 cm³/mol. The Morgan fingerprint density at radius 2 is 2.07 bits per heavy atom. The largest absolute Gasteiger partial charge is 0.491 e. The molecule has 1 aliphatic heterocycles. The first-order valence-electron chi connectivity index (χ1n) is 8.85. The Morgan fingerprint density at radius 1 is 1.37 bits per heavy atom. The molecule has 1 amide bonds. The normalized spacial score (nSPS) is 18.3. The molecule has 0 spiro atoms. The zero-order chi connectivity index (χ0) is 20.2. The molecule has 1 fully saturated rings. The minimum Gasteiger partial charge on any atom is -0.491 e. The summed E-state index contributed by atoms with van der Waals surface area (Å²) in [6.07, 6.45) is -0.277. The van der Waals surface area contributed by atoms with Crippen molar-refractivity contribution in [2.45, 2.75) is 39.3 Å². The average Bonchev–Trinajstić information content (AvgIpc) is 2.54. The first-order chi connectivity index (χ1) is 12.6. The standard InChI is InChI=1S/C18H26BrN3O5/c1-13-12-20(7-8-21(13)17(23)27-18(2,3)4)9-10-26-16-6-5-14(22(24)25)11-15(16)19/h5-6,11,13H,7-10,12H2,1-4H3/t13-/m1/s1. The second-order valence-electron chi connectivity index (χ2n) is 7.54. The van der Waals surface area contributed by atoms with Crippen molar-refractivity contribution in [1.29, 1.82) is 0 Å². The van der Waals surface area contributed by atoms with Crippen LogP contribution in [0.4, 0.5) is 10.5 Å². The van der Waals surface area contributed by atoms with Gasteiger partial charge >= 0.3 is 6.09 Å². The highest BCUT2D eigenvalue weighted by molar-refractivity contribution is 9.10. The second kappa shape index (κ2) is 8.88. The van der Waals surface area contributed by atoms with E-state index < -0.39 is 10.5 Å². The van der Waals surface area contributed by atoms with E-state index in [9.17, 15) is 14.9 Å². The van der Waals surface area contributed by atoms with Crippen molar-refractivity contribution in [1.82, 2.24) is 9.80 Å². The summed E-state index contributed by atoms with van der Waals surface area (Å²) in [6.45, 7) is 10.8. The molecule has 0 aliphatic carbocycles. The molecular formula is C18H26BrN3O5. The number of non-ortho nitro benzene ring substituents is 1. The van der Waals surface area contributed by atoms with Crippen LogP contribution in [0.2, 0.25) is 0 Å². The highest BCUT2D eigenvalue weighted by atomic mass is 79.9. The van der Waals surface area contributed by atoms with E-state index >= 15 is 0 Å². The van der Waals surface area contributed by atoms with Crippen molar-refractivity contribution < 1.29 is 19.2 Å². The van der Waals surface area contributed by atoms with E-state index in [1.54, 1.807) is 11.0 Å². The summed E-state index contributed by atoms with van der Waals surface area (Å²) in [7, 11) is 0. The van der Waals surface area contributed by atoms with E-state index in [1.165, 1.54) is 12.1 Å². The number of carbonyl (C=O) groups excluding carboxylic acids is 1. The van der Waals surface area contributed by atoms with Crippen LogP contribution in [0.3, 0.4) is 0 Å². The van der Waals surface area contributed by atoms with Crippen molar-refractivity contribution in [3.05, 3.63) is 32.8 Å². The van der Waals surface area contributed by atoms with Crippen LogP contribution in [0.5, 0.6) is 5.75 Å². The van der Waals surface area contributed by atoms with E-state index in [4.69, 9.17) is 9.47 Å². The number of halogens is 1. The maximum Gasteiger partial charge on any atom is 0.410 e. The summed E-state index contributed by atoms with van der Waals surface area (Å²) < 4.78 is 11.7. The van der Waals surface area contributed by atoms with Gasteiger partial charge in [-0.05, 0) is 49.7 Å². The Morgan fingerprint density at radius 3 is 2.63 bits per heavy atom. The molecule has 1 aromatic rings. The monoisotopic (exact) mass is 443 g/mol. The maximum atomic E-state index is 12.3. The van der Waals surface area contributed by atoms with Crippen LogP contribution in [0.1, 0.15) is 27.7 Å². The van der Waals surface area contributed by atoms with Gasteiger partial charge < -0.3 is 14.4 Å². The van der Waals surface area contributed by atoms with Crippen LogP contribution in [0.25, 0.3) is 0 Å². The molecule has 1 saturated heterocycles. The molecule has 0 bridgehead atoms. The van der Waals surface area contributed by atoms with Crippen LogP contribution in [0, 0.1) is 10.1 Å². The van der Waals surface area contributed by atoms with Crippen molar-refractivity contribution in [2.75, 3.05) is 32.8 Å². The molecule has 0 N–H and O–H groups in total. The quantitative estimate of drug-likeness (QED) is 0.509. The summed E-state index contributed by atoms with van der Waals surface area (Å²) >= 11 is 3.30. The summed E-state index contributed by atoms with van der Waals surface area (Å²) in [5.41, 5.74) is -0.485. The summed E-state index contributed by atoms with van der Waals surface area (Å²) in [4.78, 5) is 26.6. The molecule has 1 heterocycles. The van der Waals surface area contributed by atoms with Gasteiger partial charge in [0.15, 0.2) is 0 Å². The summed E-state index contributed by atoms with van der Waals surface area (Å²) in [6, 6.07) is 4.49. The predicted octanol–water partition coefficient (Wildman–Crippen LogP) is 3.68. The van der Waals surface area contributed by atoms with Gasteiger partial charge in [0.2, 0.25) is 0 Å². The lowest BCUT2D eigenvalue weighted by atomic mass is 10.2. The van der Waals surface area contributed by atoms with Gasteiger partial charge in [-0.2, -0.15) is 0 Å². The highest BCUT2D eigenvalue weighted by Gasteiger charge is 2.30. The number of carbonyl (C=O) groups is 1. The first-order valence-corrected chi connectivity index (χ1v) is 9.65. The van der Waals surface area contributed by atoms with Crippen molar-refractivity contribution in [2.24, 2.45) is 0 Å². The number of amides is 1. The molecule has 9 heteroatoms. The zero-order valence-electron chi connectivity index (χ0n) is 16.1. The van der Waals surface area contributed by atoms with Crippen molar-refractivity contribution in [3.63, 3.8) is 0 Å². The number of hydrogen-bond acceptors (Lipinski definition) is 6. The number of nitro groups is 1. The SMILES string of the molecule is C[C@@H]1CN(CCOc2ccc([N+](=O)[O-])cc2Br)CCN1C(=O)OC(C)(C)C. The van der Waals surface area contributed by atoms with E-state index in [1.807, 2.05) is 27.7 Å². The maximum absolute atomic E-state index is 12.3. The van der Waals surface area contributed by atoms with E-state index in [0.717, 1.165) is 13.1 Å². The molecule has 0 unspecified atom stereocenters. The third-order valence-corrected chi connectivity index (χ3v) is 4.75. The second-order valence-corrected chi connectivity index (χ2v) is 8.40. The number of hydrogen-bond donors (Lipinski definition) is 0. The lowest BCUT2D eigenvalue weighted by Crippen LogP contribution is -2.55. The Balaban J connectivity index is 1.80. The molecule has 150 valence electrons. The lowest BCUT2D eigenvalue weighted by molar-refractivity contribution is -0.385. The van der Waals surface area contributed by atoms with Crippen LogP contribution >= 0.6 is 15.9 Å². The van der Waals surface area contributed by atoms with E-state index in [2.05, 4.69) is 20.8 Å². The fourth-order valence-electron chi connectivity index (χ4n) is 2.83. The first kappa shape index (κ1) is 21.4. The topological polar surface area (TPSA) is 85.2 Å². The van der Waals surface area contributed by atoms with Crippen LogP contribution < -0.4 is 4.74 Å². The molecule has 2 rings (SSSR count). The molecule has 1 atom stereocenters. The van der Waals surface area contributed by atoms with Crippen LogP contribution in [-0.4, -0.2) is 65.2 Å². The zero-order valence-corrected chi connectivity index (χ0v) is 17.7. The Bertz CT molecular complexity index is 692. The molecule has 0 saturated carbocycles. The smallest absolute Gasteiger partial charge is 0.410 e. The van der Waals surface area contributed by atoms with Gasteiger partial charge in [0.25, 0.3) is 5.69 Å². The summed E-state index contributed by atoms with van der Waals surface area (Å²) in [5, 5.41) is 10.8. The Hall–Kier alpha value is -1.87. The molecule has 8 nitrogen and oxygen atoms in total. The van der Waals surface area contributed by atoms with Gasteiger partial charge in [-0.15, -0.1) is 0 Å². The minimum atomic E-state index is -0.500. The van der Waals surface area contributed by atoms with Crippen molar-refractivity contribution >= 4 is 27.7 Å². The van der Waals surface area contributed by atoms with Crippen LogP contribution in [0.15, 0.2) is 22.7 Å². The molecule has 0 aromatic heterocycles. The van der Waals surface area contributed by atoms with Gasteiger partial charge in [0.1, 0.15) is 18.0 Å². The number of nitrogens with zero attached hydrogens (tertiary/aromatic N) is 3. The van der Waals surface area contributed by atoms with Gasteiger partial charge in [-0.25, -0.2) is 4.79 Å². The highest BCUT2D eigenvalue weighted by Crippen LogP contribution is 2.29. The van der Waals surface area contributed by atoms with Crippen molar-refractivity contribution in [3.8, 4) is 5.75 Å². The Labute approximate surface area is 167 Å². The van der Waals surface area contributed by atoms with Crippen LogP contribution in [-0.2, 0) is 4.74 Å². The number of nitro benzene ring substituents is 1. The summed E-state index contributed by atoms with van der Waals surface area (Å²) in [5.74, 6) is 0.570. The molecule has 1 aromatic carbocycles. The third-order valence-electron chi connectivity index (χ3n) is 4.13. The minimum absolute atomic E-state index is 0.0151. The van der Waals surface area contributed by atoms with E-state index in [-0.39, 0.29) is 17.8 Å². The lowest BCUT2D eigenvalue weighted by Gasteiger charge is -2.40. The van der Waals surface area contributed by atoms with Gasteiger partial charge in [0.05, 0.1) is 9.40 Å². The van der Waals surface area contributed by atoms with Gasteiger partial charge in [-0.1, -0.05) is 0 Å². The third kappa shape index (κ3) is 6.35. The molecular weight excluding hydrogens is 418 g/mol. The number of ether oxygens (including phenoxy) is 2. The molecule has 27 heavy (non-hydrogen) atoms. The molecule has 0 radical (unpaired) electrons. The average molecular weight is 444 g/mol. The fraction of sp³-hybridized carbons (Fsp3) is 0.611. The molecule has 1 aliphatic rings. The Kier molecular flexibility index (Phi) is 7.05. The number of piperazine rings is 1. The number of rotatable bonds is 5. The van der Waals surface area contributed by atoms with Gasteiger partial charge in [-0.3, -0.25) is 15.0 Å². The number of benzene rings is 1. The van der Waals surface area contributed by atoms with Gasteiger partial charge in [0, 0.05) is 44.4 Å². The fourth-order valence-corrected chi connectivity index (χ4v) is 3.31.